The summed E-state index contributed by atoms with van der Waals surface area (Å²) < 4.78 is 10.6. The van der Waals surface area contributed by atoms with E-state index < -0.39 is 0 Å². The molecule has 1 saturated heterocycles. The van der Waals surface area contributed by atoms with Crippen LogP contribution in [-0.4, -0.2) is 29.2 Å². The molecule has 0 saturated carbocycles. The van der Waals surface area contributed by atoms with Crippen molar-refractivity contribution in [1.29, 1.82) is 0 Å². The molecule has 5 heteroatoms. The summed E-state index contributed by atoms with van der Waals surface area (Å²) in [5, 5.41) is 2.30. The molecule has 2 atom stereocenters. The van der Waals surface area contributed by atoms with Crippen LogP contribution in [-0.2, 0) is 14.3 Å². The van der Waals surface area contributed by atoms with Gasteiger partial charge in [0.05, 0.1) is 5.56 Å². The van der Waals surface area contributed by atoms with Gasteiger partial charge in [-0.2, -0.15) is 0 Å². The Hall–Kier alpha value is -2.01. The first-order valence-corrected chi connectivity index (χ1v) is 8.55. The Morgan fingerprint density at radius 1 is 1.13 bits per heavy atom. The van der Waals surface area contributed by atoms with E-state index in [4.69, 9.17) is 9.47 Å². The molecule has 0 aliphatic carbocycles. The number of thioether (sulfide) groups is 1. The number of benzene rings is 2. The molecule has 120 valence electrons. The zero-order valence-corrected chi connectivity index (χ0v) is 13.7. The van der Waals surface area contributed by atoms with E-state index in [1.54, 1.807) is 17.8 Å². The number of ether oxygens (including phenoxy) is 2. The minimum Gasteiger partial charge on any atom is -0.461 e. The Kier molecular flexibility index (Phi) is 4.86. The van der Waals surface area contributed by atoms with Gasteiger partial charge in [-0.3, -0.25) is 4.79 Å². The number of fused-ring (bicyclic) bond motifs is 1. The topological polar surface area (TPSA) is 52.6 Å². The minimum atomic E-state index is -0.313. The predicted octanol–water partition coefficient (Wildman–Crippen LogP) is 3.78. The lowest BCUT2D eigenvalue weighted by Crippen LogP contribution is -2.14. The molecule has 0 amide bonds. The van der Waals surface area contributed by atoms with Crippen molar-refractivity contribution < 1.29 is 19.1 Å². The van der Waals surface area contributed by atoms with Gasteiger partial charge in [-0.15, -0.1) is 11.8 Å². The number of hydrogen-bond acceptors (Lipinski definition) is 5. The molecule has 1 aliphatic heterocycles. The molecule has 1 heterocycles. The van der Waals surface area contributed by atoms with Gasteiger partial charge in [-0.05, 0) is 35.7 Å². The second-order valence-corrected chi connectivity index (χ2v) is 7.00. The Balaban J connectivity index is 1.55. The lowest BCUT2D eigenvalue weighted by molar-refractivity contribution is -0.142. The van der Waals surface area contributed by atoms with Crippen LogP contribution in [0.3, 0.4) is 0 Å². The lowest BCUT2D eigenvalue weighted by Gasteiger charge is -2.12. The molecule has 1 unspecified atom stereocenters. The first kappa shape index (κ1) is 15.9. The third-order valence-electron chi connectivity index (χ3n) is 3.75. The van der Waals surface area contributed by atoms with Gasteiger partial charge in [-0.25, -0.2) is 4.79 Å². The van der Waals surface area contributed by atoms with Crippen molar-refractivity contribution in [3.63, 3.8) is 0 Å². The van der Waals surface area contributed by atoms with Crippen molar-refractivity contribution in [3.8, 4) is 0 Å². The predicted molar refractivity (Wildman–Crippen MR) is 90.4 cm³/mol. The van der Waals surface area contributed by atoms with Crippen molar-refractivity contribution in [2.75, 3.05) is 6.61 Å². The first-order valence-electron chi connectivity index (χ1n) is 7.60. The Morgan fingerprint density at radius 2 is 1.91 bits per heavy atom. The number of rotatable bonds is 4. The fourth-order valence-electron chi connectivity index (χ4n) is 2.64. The van der Waals surface area contributed by atoms with E-state index in [9.17, 15) is 9.59 Å². The SMILES string of the molecule is CC(=O)OC1CC[C@H](COC(=O)c2ccc3ccccc3c2)S1. The maximum Gasteiger partial charge on any atom is 0.338 e. The molecule has 0 bridgehead atoms. The molecule has 0 spiro atoms. The molecule has 4 nitrogen and oxygen atoms in total. The van der Waals surface area contributed by atoms with E-state index in [1.807, 2.05) is 36.4 Å². The van der Waals surface area contributed by atoms with Crippen LogP contribution in [0.4, 0.5) is 0 Å². The molecule has 0 radical (unpaired) electrons. The van der Waals surface area contributed by atoms with Crippen LogP contribution in [0.5, 0.6) is 0 Å². The van der Waals surface area contributed by atoms with Crippen LogP contribution in [0.25, 0.3) is 10.8 Å². The summed E-state index contributed by atoms with van der Waals surface area (Å²) in [5.41, 5.74) is 0.445. The summed E-state index contributed by atoms with van der Waals surface area (Å²) in [6.07, 6.45) is 1.69. The van der Waals surface area contributed by atoms with Gasteiger partial charge in [0.15, 0.2) is 0 Å². The van der Waals surface area contributed by atoms with Gasteiger partial charge >= 0.3 is 11.9 Å². The van der Waals surface area contributed by atoms with Gasteiger partial charge < -0.3 is 9.47 Å². The van der Waals surface area contributed by atoms with Gasteiger partial charge in [0, 0.05) is 12.2 Å². The van der Waals surface area contributed by atoms with Crippen molar-refractivity contribution >= 4 is 34.5 Å². The van der Waals surface area contributed by atoms with Crippen LogP contribution in [0.15, 0.2) is 42.5 Å². The van der Waals surface area contributed by atoms with Crippen LogP contribution >= 0.6 is 11.8 Å². The molecule has 2 aromatic rings. The van der Waals surface area contributed by atoms with Gasteiger partial charge in [-0.1, -0.05) is 30.3 Å². The van der Waals surface area contributed by atoms with Crippen molar-refractivity contribution in [2.24, 2.45) is 0 Å². The average molecular weight is 330 g/mol. The average Bonchev–Trinajstić information content (AvgIpc) is 2.98. The lowest BCUT2D eigenvalue weighted by atomic mass is 10.1. The Morgan fingerprint density at radius 3 is 2.70 bits per heavy atom. The van der Waals surface area contributed by atoms with Crippen LogP contribution in [0.1, 0.15) is 30.1 Å². The van der Waals surface area contributed by atoms with E-state index in [0.29, 0.717) is 12.2 Å². The third-order valence-corrected chi connectivity index (χ3v) is 5.14. The molecule has 1 fully saturated rings. The number of esters is 2. The molecular formula is C18H18O4S. The van der Waals surface area contributed by atoms with Crippen molar-refractivity contribution in [2.45, 2.75) is 30.5 Å². The van der Waals surface area contributed by atoms with Gasteiger partial charge in [0.1, 0.15) is 12.0 Å². The highest BCUT2D eigenvalue weighted by Gasteiger charge is 2.28. The molecule has 1 aliphatic rings. The highest BCUT2D eigenvalue weighted by atomic mass is 32.2. The summed E-state index contributed by atoms with van der Waals surface area (Å²) in [6, 6.07) is 13.5. The van der Waals surface area contributed by atoms with E-state index in [2.05, 4.69) is 0 Å². The Labute approximate surface area is 139 Å². The number of hydrogen-bond donors (Lipinski definition) is 0. The minimum absolute atomic E-state index is 0.114. The fraction of sp³-hybridized carbons (Fsp3) is 0.333. The van der Waals surface area contributed by atoms with Gasteiger partial charge in [0.25, 0.3) is 0 Å². The molecule has 0 aromatic heterocycles. The molecule has 2 aromatic carbocycles. The van der Waals surface area contributed by atoms with Crippen molar-refractivity contribution in [1.82, 2.24) is 0 Å². The summed E-state index contributed by atoms with van der Waals surface area (Å²) >= 11 is 1.56. The van der Waals surface area contributed by atoms with Gasteiger partial charge in [0.2, 0.25) is 0 Å². The fourth-order valence-corrected chi connectivity index (χ4v) is 3.95. The maximum atomic E-state index is 12.2. The summed E-state index contributed by atoms with van der Waals surface area (Å²) in [7, 11) is 0. The second kappa shape index (κ2) is 7.04. The van der Waals surface area contributed by atoms with Crippen molar-refractivity contribution in [3.05, 3.63) is 48.0 Å². The number of carbonyl (C=O) groups is 2. The third kappa shape index (κ3) is 4.05. The Bertz CT molecular complexity index is 728. The maximum absolute atomic E-state index is 12.2. The standard InChI is InChI=1S/C18H18O4S/c1-12(19)22-17-9-8-16(23-17)11-21-18(20)15-7-6-13-4-2-3-5-14(13)10-15/h2-7,10,16-17H,8-9,11H2,1H3/t16-,17?/m1/s1. The largest absolute Gasteiger partial charge is 0.461 e. The smallest absolute Gasteiger partial charge is 0.338 e. The highest BCUT2D eigenvalue weighted by Crippen LogP contribution is 2.34. The van der Waals surface area contributed by atoms with Crippen LogP contribution in [0, 0.1) is 0 Å². The normalized spacial score (nSPS) is 20.4. The molecule has 3 rings (SSSR count). The molecule has 0 N–H and O–H groups in total. The van der Waals surface area contributed by atoms with E-state index in [0.717, 1.165) is 23.6 Å². The summed E-state index contributed by atoms with van der Waals surface area (Å²) in [4.78, 5) is 23.1. The van der Waals surface area contributed by atoms with Crippen LogP contribution in [0.2, 0.25) is 0 Å². The quantitative estimate of drug-likeness (QED) is 0.799. The van der Waals surface area contributed by atoms with E-state index in [-0.39, 0.29) is 22.6 Å². The van der Waals surface area contributed by atoms with Crippen LogP contribution < -0.4 is 0 Å². The zero-order valence-electron chi connectivity index (χ0n) is 12.9. The monoisotopic (exact) mass is 330 g/mol. The number of carbonyl (C=O) groups excluding carboxylic acids is 2. The summed E-state index contributed by atoms with van der Waals surface area (Å²) in [6.45, 7) is 1.75. The second-order valence-electron chi connectivity index (χ2n) is 5.53. The molecular weight excluding hydrogens is 312 g/mol. The highest BCUT2D eigenvalue weighted by molar-refractivity contribution is 8.00. The van der Waals surface area contributed by atoms with E-state index in [1.165, 1.54) is 6.92 Å². The summed E-state index contributed by atoms with van der Waals surface area (Å²) in [5.74, 6) is -0.580. The zero-order chi connectivity index (χ0) is 16.2. The molecule has 23 heavy (non-hydrogen) atoms. The first-order chi connectivity index (χ1) is 11.1. The van der Waals surface area contributed by atoms with E-state index >= 15 is 0 Å².